The second kappa shape index (κ2) is 4.88. The first-order chi connectivity index (χ1) is 9.51. The predicted octanol–water partition coefficient (Wildman–Crippen LogP) is 2.61. The van der Waals surface area contributed by atoms with Gasteiger partial charge in [-0.1, -0.05) is 41.9 Å². The van der Waals surface area contributed by atoms with E-state index in [1.165, 1.54) is 0 Å². The number of rotatable bonds is 3. The zero-order valence-corrected chi connectivity index (χ0v) is 12.2. The summed E-state index contributed by atoms with van der Waals surface area (Å²) in [7, 11) is -3.39. The van der Waals surface area contributed by atoms with Gasteiger partial charge < -0.3 is 5.73 Å². The molecule has 1 aliphatic carbocycles. The molecule has 0 saturated heterocycles. The summed E-state index contributed by atoms with van der Waals surface area (Å²) in [6, 6.07) is 15.3. The molecule has 0 aromatic heterocycles. The minimum Gasteiger partial charge on any atom is -0.326 e. The van der Waals surface area contributed by atoms with Crippen LogP contribution in [0.1, 0.15) is 11.5 Å². The van der Waals surface area contributed by atoms with Crippen molar-refractivity contribution in [3.8, 4) is 0 Å². The van der Waals surface area contributed by atoms with Crippen LogP contribution in [0.4, 0.5) is 0 Å². The van der Waals surface area contributed by atoms with Crippen LogP contribution in [0, 0.1) is 0 Å². The maximum Gasteiger partial charge on any atom is 0.183 e. The van der Waals surface area contributed by atoms with Crippen LogP contribution in [0.25, 0.3) is 0 Å². The van der Waals surface area contributed by atoms with Crippen molar-refractivity contribution in [3.63, 3.8) is 0 Å². The summed E-state index contributed by atoms with van der Waals surface area (Å²) in [6.45, 7) is 0. The van der Waals surface area contributed by atoms with Gasteiger partial charge in [0.25, 0.3) is 0 Å². The molecule has 1 fully saturated rings. The van der Waals surface area contributed by atoms with Crippen LogP contribution >= 0.6 is 11.6 Å². The normalized spacial score (nSPS) is 25.4. The van der Waals surface area contributed by atoms with E-state index in [2.05, 4.69) is 0 Å². The van der Waals surface area contributed by atoms with Gasteiger partial charge in [0.2, 0.25) is 0 Å². The van der Waals surface area contributed by atoms with Crippen LogP contribution in [0.3, 0.4) is 0 Å². The highest BCUT2D eigenvalue weighted by Gasteiger charge is 2.57. The molecule has 20 heavy (non-hydrogen) atoms. The van der Waals surface area contributed by atoms with Gasteiger partial charge in [-0.2, -0.15) is 0 Å². The molecule has 2 N–H and O–H groups in total. The minimum atomic E-state index is -3.39. The van der Waals surface area contributed by atoms with E-state index in [1.54, 1.807) is 42.5 Å². The van der Waals surface area contributed by atoms with Gasteiger partial charge >= 0.3 is 0 Å². The molecule has 1 saturated carbocycles. The summed E-state index contributed by atoms with van der Waals surface area (Å²) in [5.41, 5.74) is 6.88. The molecule has 0 heterocycles. The topological polar surface area (TPSA) is 60.2 Å². The second-order valence-corrected chi connectivity index (χ2v) is 7.52. The van der Waals surface area contributed by atoms with E-state index in [0.29, 0.717) is 9.92 Å². The van der Waals surface area contributed by atoms with Crippen molar-refractivity contribution in [3.05, 3.63) is 65.2 Å². The van der Waals surface area contributed by atoms with Crippen molar-refractivity contribution in [2.75, 3.05) is 0 Å². The lowest BCUT2D eigenvalue weighted by atomic mass is 10.1. The van der Waals surface area contributed by atoms with Gasteiger partial charge in [-0.05, 0) is 29.8 Å². The SMILES string of the molecule is N[C@H]1[C@H](c2cccc(Cl)c2)[C@@H]1S(=O)(=O)c1ccccc1. The van der Waals surface area contributed by atoms with Crippen molar-refractivity contribution in [2.45, 2.75) is 22.1 Å². The maximum atomic E-state index is 12.6. The Kier molecular flexibility index (Phi) is 3.32. The van der Waals surface area contributed by atoms with Gasteiger partial charge in [0.1, 0.15) is 0 Å². The van der Waals surface area contributed by atoms with E-state index in [9.17, 15) is 8.42 Å². The molecule has 104 valence electrons. The Bertz CT molecular complexity index is 731. The molecule has 5 heteroatoms. The predicted molar refractivity (Wildman–Crippen MR) is 79.6 cm³/mol. The quantitative estimate of drug-likeness (QED) is 0.948. The maximum absolute atomic E-state index is 12.6. The molecule has 2 aromatic rings. The molecule has 1 aliphatic rings. The largest absolute Gasteiger partial charge is 0.326 e. The van der Waals surface area contributed by atoms with Crippen LogP contribution in [0.2, 0.25) is 5.02 Å². The number of sulfone groups is 1. The lowest BCUT2D eigenvalue weighted by molar-refractivity contribution is 0.593. The first-order valence-corrected chi connectivity index (χ1v) is 8.24. The monoisotopic (exact) mass is 307 g/mol. The zero-order valence-electron chi connectivity index (χ0n) is 10.6. The molecule has 2 aromatic carbocycles. The lowest BCUT2D eigenvalue weighted by Gasteiger charge is -2.04. The van der Waals surface area contributed by atoms with Gasteiger partial charge in [0, 0.05) is 17.0 Å². The van der Waals surface area contributed by atoms with E-state index < -0.39 is 15.1 Å². The standard InChI is InChI=1S/C15H14ClNO2S/c16-11-6-4-5-10(9-11)13-14(17)15(13)20(18,19)12-7-2-1-3-8-12/h1-9,13-15H,17H2/t13-,14-,15-/m0/s1. The highest BCUT2D eigenvalue weighted by Crippen LogP contribution is 2.47. The van der Waals surface area contributed by atoms with Crippen molar-refractivity contribution >= 4 is 21.4 Å². The van der Waals surface area contributed by atoms with Crippen molar-refractivity contribution in [1.82, 2.24) is 0 Å². The third-order valence-electron chi connectivity index (χ3n) is 3.67. The lowest BCUT2D eigenvalue weighted by Crippen LogP contribution is -2.15. The molecule has 0 unspecified atom stereocenters. The summed E-state index contributed by atoms with van der Waals surface area (Å²) in [5.74, 6) is -0.182. The van der Waals surface area contributed by atoms with Crippen molar-refractivity contribution in [1.29, 1.82) is 0 Å². The highest BCUT2D eigenvalue weighted by atomic mass is 35.5. The Morgan fingerprint density at radius 1 is 1.00 bits per heavy atom. The van der Waals surface area contributed by atoms with Gasteiger partial charge in [-0.25, -0.2) is 8.42 Å². The van der Waals surface area contributed by atoms with Gasteiger partial charge in [0.15, 0.2) is 9.84 Å². The van der Waals surface area contributed by atoms with Gasteiger partial charge in [-0.15, -0.1) is 0 Å². The van der Waals surface area contributed by atoms with Crippen LogP contribution < -0.4 is 5.73 Å². The minimum absolute atomic E-state index is 0.182. The Morgan fingerprint density at radius 3 is 2.35 bits per heavy atom. The first kappa shape index (κ1) is 13.6. The number of halogens is 1. The number of hydrogen-bond acceptors (Lipinski definition) is 3. The third-order valence-corrected chi connectivity index (χ3v) is 6.16. The van der Waals surface area contributed by atoms with E-state index >= 15 is 0 Å². The van der Waals surface area contributed by atoms with E-state index in [4.69, 9.17) is 17.3 Å². The average Bonchev–Trinajstić information content (AvgIpc) is 3.12. The number of hydrogen-bond donors (Lipinski definition) is 1. The smallest absolute Gasteiger partial charge is 0.183 e. The summed E-state index contributed by atoms with van der Waals surface area (Å²) in [4.78, 5) is 0.324. The fourth-order valence-electron chi connectivity index (χ4n) is 2.60. The Morgan fingerprint density at radius 2 is 1.70 bits per heavy atom. The van der Waals surface area contributed by atoms with Crippen LogP contribution in [-0.4, -0.2) is 19.7 Å². The number of benzene rings is 2. The fourth-order valence-corrected chi connectivity index (χ4v) is 4.86. The van der Waals surface area contributed by atoms with E-state index in [-0.39, 0.29) is 12.0 Å². The molecular weight excluding hydrogens is 294 g/mol. The summed E-state index contributed by atoms with van der Waals surface area (Å²) >= 11 is 5.95. The Balaban J connectivity index is 1.94. The highest BCUT2D eigenvalue weighted by molar-refractivity contribution is 7.92. The van der Waals surface area contributed by atoms with Gasteiger partial charge in [-0.3, -0.25) is 0 Å². The zero-order chi connectivity index (χ0) is 14.3. The van der Waals surface area contributed by atoms with Crippen LogP contribution in [0.5, 0.6) is 0 Å². The molecule has 0 spiro atoms. The van der Waals surface area contributed by atoms with Crippen LogP contribution in [0.15, 0.2) is 59.5 Å². The summed E-state index contributed by atoms with van der Waals surface area (Å²) < 4.78 is 25.1. The Labute approximate surface area is 123 Å². The van der Waals surface area contributed by atoms with Crippen molar-refractivity contribution in [2.24, 2.45) is 5.73 Å². The number of nitrogens with two attached hydrogens (primary N) is 1. The van der Waals surface area contributed by atoms with Gasteiger partial charge in [0.05, 0.1) is 10.1 Å². The molecule has 0 aliphatic heterocycles. The molecule has 3 rings (SSSR count). The van der Waals surface area contributed by atoms with Crippen molar-refractivity contribution < 1.29 is 8.42 Å². The Hall–Kier alpha value is -1.36. The van der Waals surface area contributed by atoms with E-state index in [0.717, 1.165) is 5.56 Å². The summed E-state index contributed by atoms with van der Waals surface area (Å²) in [6.07, 6.45) is 0. The molecule has 3 nitrogen and oxygen atoms in total. The second-order valence-electron chi connectivity index (χ2n) is 4.98. The van der Waals surface area contributed by atoms with E-state index in [1.807, 2.05) is 12.1 Å². The molecular formula is C15H14ClNO2S. The average molecular weight is 308 g/mol. The fraction of sp³-hybridized carbons (Fsp3) is 0.200. The molecule has 0 bridgehead atoms. The molecule has 0 radical (unpaired) electrons. The van der Waals surface area contributed by atoms with Crippen LogP contribution in [-0.2, 0) is 9.84 Å². The molecule has 3 atom stereocenters. The first-order valence-electron chi connectivity index (χ1n) is 6.32. The summed E-state index contributed by atoms with van der Waals surface area (Å²) in [5, 5.41) is 0.0285. The third kappa shape index (κ3) is 2.24. The molecule has 0 amide bonds.